The third-order valence-corrected chi connectivity index (χ3v) is 5.00. The topological polar surface area (TPSA) is 102 Å². The number of ether oxygens (including phenoxy) is 1. The highest BCUT2D eigenvalue weighted by molar-refractivity contribution is 7.89. The lowest BCUT2D eigenvalue weighted by molar-refractivity contribution is 0.0504. The van der Waals surface area contributed by atoms with Gasteiger partial charge in [0.05, 0.1) is 0 Å². The minimum absolute atomic E-state index is 0.0597. The second kappa shape index (κ2) is 6.88. The Hall–Kier alpha value is -1.61. The Labute approximate surface area is 137 Å². The fourth-order valence-corrected chi connectivity index (χ4v) is 3.58. The summed E-state index contributed by atoms with van der Waals surface area (Å²) in [4.78, 5) is 11.8. The first-order valence-corrected chi connectivity index (χ1v) is 8.67. The first-order chi connectivity index (χ1) is 10.3. The molecule has 0 bridgehead atoms. The van der Waals surface area contributed by atoms with E-state index in [1.165, 1.54) is 7.05 Å². The van der Waals surface area contributed by atoms with Crippen LogP contribution in [0.15, 0.2) is 9.42 Å². The molecule has 1 N–H and O–H groups in total. The third-order valence-electron chi connectivity index (χ3n) is 2.93. The summed E-state index contributed by atoms with van der Waals surface area (Å²) in [5, 5.41) is 6.27. The van der Waals surface area contributed by atoms with Gasteiger partial charge < -0.3 is 14.6 Å². The lowest BCUT2D eigenvalue weighted by Crippen LogP contribution is -2.44. The van der Waals surface area contributed by atoms with Gasteiger partial charge in [-0.2, -0.15) is 4.31 Å². The molecule has 0 aliphatic rings. The Morgan fingerprint density at radius 3 is 2.39 bits per heavy atom. The van der Waals surface area contributed by atoms with Gasteiger partial charge in [-0.1, -0.05) is 5.16 Å². The molecule has 9 heteroatoms. The summed E-state index contributed by atoms with van der Waals surface area (Å²) in [5.41, 5.74) is -0.305. The maximum atomic E-state index is 12.6. The molecule has 1 aromatic rings. The molecule has 0 aliphatic heterocycles. The summed E-state index contributed by atoms with van der Waals surface area (Å²) in [6.45, 7) is 10.2. The number of likely N-dealkylation sites (N-methyl/N-ethyl adjacent to an activating group) is 1. The predicted molar refractivity (Wildman–Crippen MR) is 84.6 cm³/mol. The fourth-order valence-electron chi connectivity index (χ4n) is 2.04. The highest BCUT2D eigenvalue weighted by Gasteiger charge is 2.30. The number of sulfonamides is 1. The highest BCUT2D eigenvalue weighted by Crippen LogP contribution is 2.22. The van der Waals surface area contributed by atoms with Gasteiger partial charge in [-0.15, -0.1) is 0 Å². The van der Waals surface area contributed by atoms with Gasteiger partial charge in [0.2, 0.25) is 10.0 Å². The summed E-state index contributed by atoms with van der Waals surface area (Å²) >= 11 is 0. The first-order valence-electron chi connectivity index (χ1n) is 7.23. The van der Waals surface area contributed by atoms with Gasteiger partial charge >= 0.3 is 6.09 Å². The molecular formula is C14H25N3O5S. The quantitative estimate of drug-likeness (QED) is 0.872. The number of rotatable bonds is 5. The number of hydrogen-bond donors (Lipinski definition) is 1. The van der Waals surface area contributed by atoms with Crippen molar-refractivity contribution in [3.63, 3.8) is 0 Å². The minimum atomic E-state index is -3.74. The van der Waals surface area contributed by atoms with E-state index in [1.54, 1.807) is 41.5 Å². The van der Waals surface area contributed by atoms with Crippen molar-refractivity contribution >= 4 is 16.1 Å². The molecule has 1 aromatic heterocycles. The van der Waals surface area contributed by atoms with Crippen LogP contribution in [0.1, 0.15) is 39.1 Å². The minimum Gasteiger partial charge on any atom is -0.444 e. The molecule has 0 spiro atoms. The number of alkyl carbamates (subject to hydrolysis) is 1. The summed E-state index contributed by atoms with van der Waals surface area (Å²) in [7, 11) is -2.30. The van der Waals surface area contributed by atoms with Crippen LogP contribution in [0.2, 0.25) is 0 Å². The van der Waals surface area contributed by atoms with E-state index in [-0.39, 0.29) is 17.2 Å². The zero-order valence-electron chi connectivity index (χ0n) is 14.6. The van der Waals surface area contributed by atoms with Gasteiger partial charge in [0.1, 0.15) is 16.2 Å². The first kappa shape index (κ1) is 19.4. The maximum absolute atomic E-state index is 12.6. The van der Waals surface area contributed by atoms with Crippen LogP contribution in [0.25, 0.3) is 0 Å². The molecule has 0 saturated heterocycles. The molecule has 0 saturated carbocycles. The van der Waals surface area contributed by atoms with Crippen LogP contribution in [-0.4, -0.2) is 49.2 Å². The van der Waals surface area contributed by atoms with Crippen molar-refractivity contribution in [2.24, 2.45) is 0 Å². The Morgan fingerprint density at radius 2 is 1.96 bits per heavy atom. The molecule has 1 rings (SSSR count). The van der Waals surface area contributed by atoms with Gasteiger partial charge in [-0.25, -0.2) is 13.2 Å². The Balaban J connectivity index is 2.75. The van der Waals surface area contributed by atoms with E-state index in [2.05, 4.69) is 10.5 Å². The highest BCUT2D eigenvalue weighted by atomic mass is 32.2. The Morgan fingerprint density at radius 1 is 1.39 bits per heavy atom. The normalized spacial score (nSPS) is 13.9. The Kier molecular flexibility index (Phi) is 5.81. The molecule has 23 heavy (non-hydrogen) atoms. The molecule has 0 unspecified atom stereocenters. The average molecular weight is 347 g/mol. The van der Waals surface area contributed by atoms with Crippen LogP contribution in [0.5, 0.6) is 0 Å². The number of carbonyl (C=O) groups excluding carboxylic acids is 1. The second-order valence-electron chi connectivity index (χ2n) is 6.49. The van der Waals surface area contributed by atoms with E-state index in [9.17, 15) is 13.2 Å². The number of nitrogens with one attached hydrogen (secondary N) is 1. The lowest BCUT2D eigenvalue weighted by Gasteiger charge is -2.24. The number of aromatic nitrogens is 1. The number of aryl methyl sites for hydroxylation is 2. The van der Waals surface area contributed by atoms with Crippen molar-refractivity contribution in [2.45, 2.75) is 58.1 Å². The number of carbonyl (C=O) groups is 1. The van der Waals surface area contributed by atoms with Gasteiger partial charge in [0.15, 0.2) is 5.76 Å². The fraction of sp³-hybridized carbons (Fsp3) is 0.714. The van der Waals surface area contributed by atoms with Crippen molar-refractivity contribution < 1.29 is 22.5 Å². The molecule has 0 aromatic carbocycles. The van der Waals surface area contributed by atoms with Crippen LogP contribution < -0.4 is 5.32 Å². The molecule has 0 aliphatic carbocycles. The monoisotopic (exact) mass is 347 g/mol. The van der Waals surface area contributed by atoms with E-state index in [0.717, 1.165) is 4.31 Å². The molecule has 1 amide bonds. The van der Waals surface area contributed by atoms with E-state index >= 15 is 0 Å². The smallest absolute Gasteiger partial charge is 0.407 e. The summed E-state index contributed by atoms with van der Waals surface area (Å²) in [6.07, 6.45) is -0.590. The summed E-state index contributed by atoms with van der Waals surface area (Å²) in [5.74, 6) is 0.238. The van der Waals surface area contributed by atoms with Crippen molar-refractivity contribution in [1.29, 1.82) is 0 Å². The van der Waals surface area contributed by atoms with Crippen molar-refractivity contribution in [3.8, 4) is 0 Å². The van der Waals surface area contributed by atoms with Crippen LogP contribution in [-0.2, 0) is 14.8 Å². The maximum Gasteiger partial charge on any atom is 0.407 e. The molecular weight excluding hydrogens is 322 g/mol. The molecule has 0 radical (unpaired) electrons. The van der Waals surface area contributed by atoms with Crippen molar-refractivity contribution in [1.82, 2.24) is 14.8 Å². The molecule has 132 valence electrons. The standard InChI is InChI=1S/C14H25N3O5S/c1-9(15-13(18)21-14(4,5)6)8-17(7)23(19,20)12-10(2)16-22-11(12)3/h9H,8H2,1-7H3,(H,15,18)/t9-/m0/s1. The number of nitrogens with zero attached hydrogens (tertiary/aromatic N) is 2. The molecule has 1 atom stereocenters. The van der Waals surface area contributed by atoms with E-state index in [1.807, 2.05) is 0 Å². The number of hydrogen-bond acceptors (Lipinski definition) is 6. The largest absolute Gasteiger partial charge is 0.444 e. The van der Waals surface area contributed by atoms with Crippen molar-refractivity contribution in [2.75, 3.05) is 13.6 Å². The van der Waals surface area contributed by atoms with Gasteiger partial charge in [-0.05, 0) is 41.5 Å². The zero-order valence-corrected chi connectivity index (χ0v) is 15.4. The molecule has 1 heterocycles. The third kappa shape index (κ3) is 5.21. The van der Waals surface area contributed by atoms with Crippen LogP contribution in [0, 0.1) is 13.8 Å². The summed E-state index contributed by atoms with van der Waals surface area (Å²) < 4.78 is 36.3. The lowest BCUT2D eigenvalue weighted by atomic mass is 10.2. The van der Waals surface area contributed by atoms with Gasteiger partial charge in [0, 0.05) is 19.6 Å². The summed E-state index contributed by atoms with van der Waals surface area (Å²) in [6, 6.07) is -0.426. The van der Waals surface area contributed by atoms with Crippen LogP contribution >= 0.6 is 0 Å². The second-order valence-corrected chi connectivity index (χ2v) is 8.47. The van der Waals surface area contributed by atoms with Crippen LogP contribution in [0.4, 0.5) is 4.79 Å². The van der Waals surface area contributed by atoms with E-state index < -0.39 is 27.8 Å². The zero-order chi connectivity index (χ0) is 18.0. The van der Waals surface area contributed by atoms with E-state index in [0.29, 0.717) is 5.69 Å². The molecule has 0 fully saturated rings. The molecule has 8 nitrogen and oxygen atoms in total. The van der Waals surface area contributed by atoms with Gasteiger partial charge in [0.25, 0.3) is 0 Å². The van der Waals surface area contributed by atoms with E-state index in [4.69, 9.17) is 9.26 Å². The average Bonchev–Trinajstić information content (AvgIpc) is 2.66. The predicted octanol–water partition coefficient (Wildman–Crippen LogP) is 1.83. The van der Waals surface area contributed by atoms with Crippen LogP contribution in [0.3, 0.4) is 0 Å². The van der Waals surface area contributed by atoms with Crippen molar-refractivity contribution in [3.05, 3.63) is 11.5 Å². The number of amides is 1. The Bertz CT molecular complexity index is 641. The SMILES string of the molecule is Cc1noc(C)c1S(=O)(=O)N(C)C[C@H](C)NC(=O)OC(C)(C)C. The van der Waals surface area contributed by atoms with Gasteiger partial charge in [-0.3, -0.25) is 0 Å².